The van der Waals surface area contributed by atoms with Crippen molar-refractivity contribution >= 4 is 11.8 Å². The highest BCUT2D eigenvalue weighted by Gasteiger charge is 1.96. The van der Waals surface area contributed by atoms with Gasteiger partial charge in [-0.1, -0.05) is 11.8 Å². The van der Waals surface area contributed by atoms with E-state index in [2.05, 4.69) is 0 Å². The van der Waals surface area contributed by atoms with Crippen LogP contribution in [0.1, 0.15) is 5.76 Å². The Morgan fingerprint density at radius 2 is 2.44 bits per heavy atom. The molecule has 1 rings (SSSR count). The van der Waals surface area contributed by atoms with Crippen LogP contribution in [0.25, 0.3) is 0 Å². The van der Waals surface area contributed by atoms with Crippen LogP contribution in [0.5, 0.6) is 0 Å². The van der Waals surface area contributed by atoms with Crippen molar-refractivity contribution in [1.29, 1.82) is 0 Å². The highest BCUT2D eigenvalue weighted by molar-refractivity contribution is 7.98. The summed E-state index contributed by atoms with van der Waals surface area (Å²) >= 11 is 1.53. The number of aliphatic hydroxyl groups excluding tert-OH is 1. The molecule has 1 aromatic rings. The fraction of sp³-hybridized carbons (Fsp3) is 0.333. The normalized spacial score (nSPS) is 10.0. The zero-order valence-electron chi connectivity index (χ0n) is 5.13. The smallest absolute Gasteiger partial charge is 0.160 e. The summed E-state index contributed by atoms with van der Waals surface area (Å²) in [6.45, 7) is -0.0133. The predicted molar refractivity (Wildman–Crippen MR) is 36.4 cm³/mol. The fourth-order valence-electron chi connectivity index (χ4n) is 0.553. The van der Waals surface area contributed by atoms with Gasteiger partial charge in [0.1, 0.15) is 12.4 Å². The number of hydrogen-bond acceptors (Lipinski definition) is 3. The van der Waals surface area contributed by atoms with Crippen LogP contribution < -0.4 is 0 Å². The third kappa shape index (κ3) is 1.50. The lowest BCUT2D eigenvalue weighted by Crippen LogP contribution is -1.73. The van der Waals surface area contributed by atoms with Crippen LogP contribution in [-0.4, -0.2) is 11.4 Å². The van der Waals surface area contributed by atoms with Gasteiger partial charge < -0.3 is 9.52 Å². The summed E-state index contributed by atoms with van der Waals surface area (Å²) in [4.78, 5) is 0. The lowest BCUT2D eigenvalue weighted by atomic mass is 10.5. The van der Waals surface area contributed by atoms with Crippen LogP contribution in [0.15, 0.2) is 21.6 Å². The number of thioether (sulfide) groups is 1. The molecule has 0 radical (unpaired) electrons. The molecular weight excluding hydrogens is 136 g/mol. The van der Waals surface area contributed by atoms with Crippen molar-refractivity contribution in [3.63, 3.8) is 0 Å². The molecule has 0 amide bonds. The first-order valence-electron chi connectivity index (χ1n) is 2.60. The standard InChI is InChI=1S/C6H8O2S/c1-9-6-3-2-5(4-7)8-6/h2-3,7H,4H2,1H3. The average molecular weight is 144 g/mol. The van der Waals surface area contributed by atoms with E-state index in [0.29, 0.717) is 5.76 Å². The van der Waals surface area contributed by atoms with E-state index in [0.717, 1.165) is 5.09 Å². The molecule has 9 heavy (non-hydrogen) atoms. The molecule has 1 aromatic heterocycles. The van der Waals surface area contributed by atoms with Gasteiger partial charge in [0, 0.05) is 0 Å². The summed E-state index contributed by atoms with van der Waals surface area (Å²) in [5.74, 6) is 0.624. The Balaban J connectivity index is 2.74. The van der Waals surface area contributed by atoms with E-state index in [1.54, 1.807) is 6.07 Å². The summed E-state index contributed by atoms with van der Waals surface area (Å²) in [5.41, 5.74) is 0. The molecule has 0 aliphatic carbocycles. The Bertz CT molecular complexity index is 164. The number of aliphatic hydroxyl groups is 1. The first-order valence-corrected chi connectivity index (χ1v) is 3.83. The van der Waals surface area contributed by atoms with E-state index >= 15 is 0 Å². The van der Waals surface area contributed by atoms with Crippen LogP contribution in [0.2, 0.25) is 0 Å². The molecular formula is C6H8O2S. The maximum atomic E-state index is 8.54. The zero-order chi connectivity index (χ0) is 6.69. The van der Waals surface area contributed by atoms with Gasteiger partial charge in [-0.25, -0.2) is 0 Å². The Labute approximate surface area is 57.9 Å². The van der Waals surface area contributed by atoms with Gasteiger partial charge in [-0.15, -0.1) is 0 Å². The van der Waals surface area contributed by atoms with E-state index in [9.17, 15) is 0 Å². The molecule has 50 valence electrons. The van der Waals surface area contributed by atoms with Gasteiger partial charge in [0.15, 0.2) is 5.09 Å². The van der Waals surface area contributed by atoms with Crippen LogP contribution in [0.3, 0.4) is 0 Å². The zero-order valence-corrected chi connectivity index (χ0v) is 5.94. The molecule has 3 heteroatoms. The van der Waals surface area contributed by atoms with Crippen LogP contribution in [0.4, 0.5) is 0 Å². The SMILES string of the molecule is CSc1ccc(CO)o1. The minimum absolute atomic E-state index is 0.0133. The average Bonchev–Trinajstić information content (AvgIpc) is 2.34. The quantitative estimate of drug-likeness (QED) is 0.638. The fourth-order valence-corrected chi connectivity index (χ4v) is 0.947. The lowest BCUT2D eigenvalue weighted by molar-refractivity contribution is 0.237. The van der Waals surface area contributed by atoms with E-state index in [1.807, 2.05) is 12.3 Å². The van der Waals surface area contributed by atoms with Crippen molar-refractivity contribution in [3.05, 3.63) is 17.9 Å². The Morgan fingerprint density at radius 3 is 2.78 bits per heavy atom. The lowest BCUT2D eigenvalue weighted by Gasteiger charge is -1.86. The highest BCUT2D eigenvalue weighted by atomic mass is 32.2. The largest absolute Gasteiger partial charge is 0.452 e. The van der Waals surface area contributed by atoms with Crippen molar-refractivity contribution < 1.29 is 9.52 Å². The first kappa shape index (κ1) is 6.71. The summed E-state index contributed by atoms with van der Waals surface area (Å²) < 4.78 is 5.09. The van der Waals surface area contributed by atoms with Crippen LogP contribution in [-0.2, 0) is 6.61 Å². The maximum Gasteiger partial charge on any atom is 0.160 e. The predicted octanol–water partition coefficient (Wildman–Crippen LogP) is 1.49. The second-order valence-corrected chi connectivity index (χ2v) is 2.39. The molecule has 0 fully saturated rings. The second-order valence-electron chi connectivity index (χ2n) is 1.58. The van der Waals surface area contributed by atoms with Gasteiger partial charge in [-0.3, -0.25) is 0 Å². The first-order chi connectivity index (χ1) is 4.36. The molecule has 0 aliphatic rings. The molecule has 2 nitrogen and oxygen atoms in total. The minimum Gasteiger partial charge on any atom is -0.452 e. The summed E-state index contributed by atoms with van der Waals surface area (Å²) in [6.07, 6.45) is 1.93. The van der Waals surface area contributed by atoms with Crippen molar-refractivity contribution in [2.24, 2.45) is 0 Å². The van der Waals surface area contributed by atoms with E-state index in [1.165, 1.54) is 11.8 Å². The number of rotatable bonds is 2. The Hall–Kier alpha value is -0.410. The van der Waals surface area contributed by atoms with E-state index in [-0.39, 0.29) is 6.61 Å². The van der Waals surface area contributed by atoms with E-state index in [4.69, 9.17) is 9.52 Å². The van der Waals surface area contributed by atoms with Gasteiger partial charge >= 0.3 is 0 Å². The Kier molecular flexibility index (Phi) is 2.19. The summed E-state index contributed by atoms with van der Waals surface area (Å²) in [5, 5.41) is 9.39. The third-order valence-electron chi connectivity index (χ3n) is 0.994. The molecule has 1 heterocycles. The second kappa shape index (κ2) is 2.94. The number of hydrogen-bond donors (Lipinski definition) is 1. The van der Waals surface area contributed by atoms with Gasteiger partial charge in [-0.05, 0) is 18.4 Å². The van der Waals surface area contributed by atoms with Crippen molar-refractivity contribution in [2.45, 2.75) is 11.7 Å². The topological polar surface area (TPSA) is 33.4 Å². The van der Waals surface area contributed by atoms with Gasteiger partial charge in [0.2, 0.25) is 0 Å². The molecule has 0 aliphatic heterocycles. The Morgan fingerprint density at radius 1 is 1.67 bits per heavy atom. The molecule has 0 saturated heterocycles. The number of furan rings is 1. The molecule has 0 atom stereocenters. The van der Waals surface area contributed by atoms with Crippen molar-refractivity contribution in [2.75, 3.05) is 6.26 Å². The molecule has 0 aromatic carbocycles. The summed E-state index contributed by atoms with van der Waals surface area (Å²) in [6, 6.07) is 3.61. The summed E-state index contributed by atoms with van der Waals surface area (Å²) in [7, 11) is 0. The molecule has 0 unspecified atom stereocenters. The minimum atomic E-state index is -0.0133. The monoisotopic (exact) mass is 144 g/mol. The van der Waals surface area contributed by atoms with Crippen LogP contribution >= 0.6 is 11.8 Å². The van der Waals surface area contributed by atoms with Gasteiger partial charge in [0.05, 0.1) is 0 Å². The van der Waals surface area contributed by atoms with Crippen molar-refractivity contribution in [3.8, 4) is 0 Å². The van der Waals surface area contributed by atoms with E-state index < -0.39 is 0 Å². The van der Waals surface area contributed by atoms with Gasteiger partial charge in [-0.2, -0.15) is 0 Å². The molecule has 0 saturated carbocycles. The maximum absolute atomic E-state index is 8.54. The molecule has 1 N–H and O–H groups in total. The van der Waals surface area contributed by atoms with Crippen LogP contribution in [0, 0.1) is 0 Å². The highest BCUT2D eigenvalue weighted by Crippen LogP contribution is 2.17. The molecule has 0 bridgehead atoms. The third-order valence-corrected chi connectivity index (χ3v) is 1.62. The molecule has 0 spiro atoms. The van der Waals surface area contributed by atoms with Crippen molar-refractivity contribution in [1.82, 2.24) is 0 Å². The van der Waals surface area contributed by atoms with Gasteiger partial charge in [0.25, 0.3) is 0 Å².